The van der Waals surface area contributed by atoms with Crippen molar-refractivity contribution in [2.24, 2.45) is 5.73 Å². The molecule has 2 rings (SSSR count). The number of rotatable bonds is 8. The van der Waals surface area contributed by atoms with Crippen LogP contribution in [-0.4, -0.2) is 37.1 Å². The summed E-state index contributed by atoms with van der Waals surface area (Å²) in [5, 5.41) is 1.01. The van der Waals surface area contributed by atoms with E-state index < -0.39 is 0 Å². The molecule has 114 valence electrons. The quantitative estimate of drug-likeness (QED) is 0.762. The summed E-state index contributed by atoms with van der Waals surface area (Å²) in [7, 11) is 4.18. The minimum atomic E-state index is 0.547. The van der Waals surface area contributed by atoms with Crippen LogP contribution in [0.25, 0.3) is 10.6 Å². The molecule has 0 spiro atoms. The summed E-state index contributed by atoms with van der Waals surface area (Å²) >= 11 is 1.64. The number of nitrogens with zero attached hydrogens (tertiary/aromatic N) is 2. The lowest BCUT2D eigenvalue weighted by Gasteiger charge is -2.10. The average molecular weight is 305 g/mol. The van der Waals surface area contributed by atoms with Gasteiger partial charge < -0.3 is 15.4 Å². The van der Waals surface area contributed by atoms with Crippen molar-refractivity contribution in [3.05, 3.63) is 35.3 Å². The SMILES string of the molecule is CN(C)CCCCOc1ccc(-c2ncc(CN)s2)cc1. The van der Waals surface area contributed by atoms with Crippen molar-refractivity contribution in [2.45, 2.75) is 19.4 Å². The zero-order valence-electron chi connectivity index (χ0n) is 12.7. The second kappa shape index (κ2) is 8.12. The molecule has 0 radical (unpaired) electrons. The first kappa shape index (κ1) is 15.9. The summed E-state index contributed by atoms with van der Waals surface area (Å²) in [5.74, 6) is 0.916. The van der Waals surface area contributed by atoms with Gasteiger partial charge in [-0.1, -0.05) is 0 Å². The van der Waals surface area contributed by atoms with E-state index in [1.54, 1.807) is 11.3 Å². The maximum atomic E-state index is 5.75. The van der Waals surface area contributed by atoms with Crippen molar-refractivity contribution < 1.29 is 4.74 Å². The Bertz CT molecular complexity index is 537. The predicted octanol–water partition coefficient (Wildman–Crippen LogP) is 2.99. The molecule has 0 aliphatic carbocycles. The van der Waals surface area contributed by atoms with Crippen LogP contribution in [0, 0.1) is 0 Å². The minimum absolute atomic E-state index is 0.547. The molecule has 21 heavy (non-hydrogen) atoms. The van der Waals surface area contributed by atoms with Crippen molar-refractivity contribution >= 4 is 11.3 Å². The van der Waals surface area contributed by atoms with Crippen molar-refractivity contribution in [3.8, 4) is 16.3 Å². The number of aromatic nitrogens is 1. The van der Waals surface area contributed by atoms with Gasteiger partial charge in [0, 0.05) is 23.2 Å². The molecule has 5 heteroatoms. The Morgan fingerprint density at radius 1 is 1.19 bits per heavy atom. The third-order valence-corrected chi connectivity index (χ3v) is 4.19. The fraction of sp³-hybridized carbons (Fsp3) is 0.438. The largest absolute Gasteiger partial charge is 0.494 e. The number of thiazole rings is 1. The van der Waals surface area contributed by atoms with Gasteiger partial charge in [0.1, 0.15) is 10.8 Å². The topological polar surface area (TPSA) is 51.4 Å². The fourth-order valence-corrected chi connectivity index (χ4v) is 2.75. The second-order valence-electron chi connectivity index (χ2n) is 5.22. The van der Waals surface area contributed by atoms with Crippen LogP contribution in [0.1, 0.15) is 17.7 Å². The van der Waals surface area contributed by atoms with Crippen LogP contribution in [0.2, 0.25) is 0 Å². The maximum absolute atomic E-state index is 5.75. The third-order valence-electron chi connectivity index (χ3n) is 3.12. The molecule has 1 aromatic heterocycles. The Hall–Kier alpha value is -1.43. The summed E-state index contributed by atoms with van der Waals surface area (Å²) in [5.41, 5.74) is 6.72. The van der Waals surface area contributed by atoms with Gasteiger partial charge >= 0.3 is 0 Å². The first-order valence-corrected chi connectivity index (χ1v) is 8.03. The summed E-state index contributed by atoms with van der Waals surface area (Å²) in [6, 6.07) is 8.11. The fourth-order valence-electron chi connectivity index (χ4n) is 1.95. The van der Waals surface area contributed by atoms with Crippen LogP contribution in [0.3, 0.4) is 0 Å². The van der Waals surface area contributed by atoms with Crippen molar-refractivity contribution in [2.75, 3.05) is 27.2 Å². The number of hydrogen-bond donors (Lipinski definition) is 1. The van der Waals surface area contributed by atoms with E-state index in [9.17, 15) is 0 Å². The Morgan fingerprint density at radius 3 is 2.57 bits per heavy atom. The maximum Gasteiger partial charge on any atom is 0.123 e. The zero-order chi connectivity index (χ0) is 15.1. The van der Waals surface area contributed by atoms with Crippen LogP contribution < -0.4 is 10.5 Å². The number of unbranched alkanes of at least 4 members (excludes halogenated alkanes) is 1. The highest BCUT2D eigenvalue weighted by atomic mass is 32.1. The van der Waals surface area contributed by atoms with Crippen molar-refractivity contribution in [1.82, 2.24) is 9.88 Å². The van der Waals surface area contributed by atoms with Gasteiger partial charge in [-0.3, -0.25) is 0 Å². The summed E-state index contributed by atoms with van der Waals surface area (Å²) in [6.45, 7) is 2.42. The van der Waals surface area contributed by atoms with Gasteiger partial charge in [0.25, 0.3) is 0 Å². The number of hydrogen-bond acceptors (Lipinski definition) is 5. The number of ether oxygens (including phenoxy) is 1. The molecule has 1 aromatic carbocycles. The number of benzene rings is 1. The van der Waals surface area contributed by atoms with E-state index in [0.717, 1.165) is 47.2 Å². The highest BCUT2D eigenvalue weighted by Gasteiger charge is 2.04. The van der Waals surface area contributed by atoms with Crippen LogP contribution in [0.5, 0.6) is 5.75 Å². The molecule has 0 fully saturated rings. The van der Waals surface area contributed by atoms with E-state index in [1.165, 1.54) is 0 Å². The molecular weight excluding hydrogens is 282 g/mol. The summed E-state index contributed by atoms with van der Waals surface area (Å²) in [4.78, 5) is 7.68. The molecule has 0 atom stereocenters. The lowest BCUT2D eigenvalue weighted by Crippen LogP contribution is -2.13. The van der Waals surface area contributed by atoms with Gasteiger partial charge in [0.15, 0.2) is 0 Å². The normalized spacial score (nSPS) is 11.0. The third kappa shape index (κ3) is 5.12. The van der Waals surface area contributed by atoms with Gasteiger partial charge in [0.2, 0.25) is 0 Å². The minimum Gasteiger partial charge on any atom is -0.494 e. The van der Waals surface area contributed by atoms with E-state index >= 15 is 0 Å². The Balaban J connectivity index is 1.81. The van der Waals surface area contributed by atoms with Crippen LogP contribution in [0.15, 0.2) is 30.5 Å². The standard InChI is InChI=1S/C16H23N3OS/c1-19(2)9-3-4-10-20-14-7-5-13(6-8-14)16-18-12-15(11-17)21-16/h5-8,12H,3-4,9-11,17H2,1-2H3. The van der Waals surface area contributed by atoms with Crippen LogP contribution >= 0.6 is 11.3 Å². The Labute approximate surface area is 130 Å². The summed E-state index contributed by atoms with van der Waals surface area (Å²) < 4.78 is 5.75. The molecule has 0 bridgehead atoms. The highest BCUT2D eigenvalue weighted by molar-refractivity contribution is 7.15. The van der Waals surface area contributed by atoms with Gasteiger partial charge in [0.05, 0.1) is 6.61 Å². The van der Waals surface area contributed by atoms with Gasteiger partial charge in [-0.25, -0.2) is 4.98 Å². The lowest BCUT2D eigenvalue weighted by atomic mass is 10.2. The molecule has 0 amide bonds. The first-order valence-electron chi connectivity index (χ1n) is 7.22. The van der Waals surface area contributed by atoms with E-state index in [0.29, 0.717) is 6.54 Å². The van der Waals surface area contributed by atoms with Crippen molar-refractivity contribution in [1.29, 1.82) is 0 Å². The molecule has 4 nitrogen and oxygen atoms in total. The Morgan fingerprint density at radius 2 is 1.95 bits per heavy atom. The van der Waals surface area contributed by atoms with Crippen molar-refractivity contribution in [3.63, 3.8) is 0 Å². The van der Waals surface area contributed by atoms with Gasteiger partial charge in [-0.05, 0) is 57.7 Å². The molecule has 0 unspecified atom stereocenters. The van der Waals surface area contributed by atoms with E-state index in [-0.39, 0.29) is 0 Å². The second-order valence-corrected chi connectivity index (χ2v) is 6.33. The van der Waals surface area contributed by atoms with Gasteiger partial charge in [-0.15, -0.1) is 11.3 Å². The highest BCUT2D eigenvalue weighted by Crippen LogP contribution is 2.26. The molecule has 0 saturated carbocycles. The number of nitrogens with two attached hydrogens (primary N) is 1. The average Bonchev–Trinajstić information content (AvgIpc) is 2.96. The first-order chi connectivity index (χ1) is 10.2. The van der Waals surface area contributed by atoms with Gasteiger partial charge in [-0.2, -0.15) is 0 Å². The molecule has 0 aliphatic rings. The molecule has 0 aliphatic heterocycles. The molecule has 0 saturated heterocycles. The summed E-state index contributed by atoms with van der Waals surface area (Å²) in [6.07, 6.45) is 4.08. The smallest absolute Gasteiger partial charge is 0.123 e. The van der Waals surface area contributed by atoms with Crippen LogP contribution in [0.4, 0.5) is 0 Å². The molecule has 2 N–H and O–H groups in total. The molecule has 1 heterocycles. The predicted molar refractivity (Wildman–Crippen MR) is 88.7 cm³/mol. The molecular formula is C16H23N3OS. The van der Waals surface area contributed by atoms with E-state index in [4.69, 9.17) is 10.5 Å². The van der Waals surface area contributed by atoms with E-state index in [2.05, 4.69) is 24.0 Å². The molecule has 2 aromatic rings. The Kier molecular flexibility index (Phi) is 6.17. The zero-order valence-corrected chi connectivity index (χ0v) is 13.5. The van der Waals surface area contributed by atoms with E-state index in [1.807, 2.05) is 30.5 Å². The van der Waals surface area contributed by atoms with Crippen LogP contribution in [-0.2, 0) is 6.54 Å². The lowest BCUT2D eigenvalue weighted by molar-refractivity contribution is 0.293. The monoisotopic (exact) mass is 305 g/mol.